The van der Waals surface area contributed by atoms with Gasteiger partial charge in [-0.25, -0.2) is 8.42 Å². The molecule has 6 nitrogen and oxygen atoms in total. The molecule has 0 bridgehead atoms. The highest BCUT2D eigenvalue weighted by atomic mass is 32.2. The van der Waals surface area contributed by atoms with Crippen LogP contribution in [0.5, 0.6) is 5.75 Å². The summed E-state index contributed by atoms with van der Waals surface area (Å²) in [5.74, 6) is 0.407. The number of anilines is 1. The minimum atomic E-state index is -3.86. The molecule has 0 atom stereocenters. The fourth-order valence-electron chi connectivity index (χ4n) is 3.30. The molecule has 0 spiro atoms. The molecule has 2 N–H and O–H groups in total. The molecule has 0 fully saturated rings. The van der Waals surface area contributed by atoms with E-state index >= 15 is 0 Å². The molecule has 0 aromatic heterocycles. The minimum absolute atomic E-state index is 0.0706. The molecule has 32 heavy (non-hydrogen) atoms. The van der Waals surface area contributed by atoms with Crippen molar-refractivity contribution in [2.75, 3.05) is 17.9 Å². The Morgan fingerprint density at radius 2 is 1.62 bits per heavy atom. The minimum Gasteiger partial charge on any atom is -0.491 e. The van der Waals surface area contributed by atoms with Crippen LogP contribution in [-0.4, -0.2) is 27.5 Å². The summed E-state index contributed by atoms with van der Waals surface area (Å²) >= 11 is 0. The first-order valence-corrected chi connectivity index (χ1v) is 11.8. The zero-order chi connectivity index (χ0) is 23.3. The Labute approximate surface area is 189 Å². The fraction of sp³-hybridized carbons (Fsp3) is 0.240. The van der Waals surface area contributed by atoms with Gasteiger partial charge in [-0.15, -0.1) is 0 Å². The Kier molecular flexibility index (Phi) is 7.20. The highest BCUT2D eigenvalue weighted by Crippen LogP contribution is 2.23. The van der Waals surface area contributed by atoms with Gasteiger partial charge in [0.2, 0.25) is 0 Å². The van der Waals surface area contributed by atoms with Gasteiger partial charge in [-0.1, -0.05) is 42.0 Å². The van der Waals surface area contributed by atoms with Gasteiger partial charge in [-0.2, -0.15) is 0 Å². The van der Waals surface area contributed by atoms with Crippen LogP contribution in [0.1, 0.15) is 32.6 Å². The molecule has 0 aliphatic rings. The Morgan fingerprint density at radius 3 is 2.34 bits per heavy atom. The first-order valence-electron chi connectivity index (χ1n) is 10.3. The molecule has 0 saturated carbocycles. The normalized spacial score (nSPS) is 11.1. The van der Waals surface area contributed by atoms with Gasteiger partial charge in [0, 0.05) is 5.56 Å². The molecule has 7 heteroatoms. The van der Waals surface area contributed by atoms with Gasteiger partial charge in [-0.3, -0.25) is 9.52 Å². The fourth-order valence-corrected chi connectivity index (χ4v) is 4.71. The van der Waals surface area contributed by atoms with E-state index in [1.807, 2.05) is 57.2 Å². The summed E-state index contributed by atoms with van der Waals surface area (Å²) in [4.78, 5) is 12.7. The van der Waals surface area contributed by atoms with Crippen molar-refractivity contribution in [1.82, 2.24) is 5.32 Å². The van der Waals surface area contributed by atoms with Crippen LogP contribution >= 0.6 is 0 Å². The largest absolute Gasteiger partial charge is 0.491 e. The van der Waals surface area contributed by atoms with Crippen molar-refractivity contribution >= 4 is 21.6 Å². The lowest BCUT2D eigenvalue weighted by molar-refractivity contribution is 0.0946. The number of carbonyl (C=O) groups is 1. The second-order valence-corrected chi connectivity index (χ2v) is 9.42. The number of hydrogen-bond donors (Lipinski definition) is 2. The molecule has 0 radical (unpaired) electrons. The molecule has 1 amide bonds. The van der Waals surface area contributed by atoms with Gasteiger partial charge < -0.3 is 10.1 Å². The molecule has 0 aliphatic heterocycles. The number of benzene rings is 3. The predicted molar refractivity (Wildman–Crippen MR) is 127 cm³/mol. The van der Waals surface area contributed by atoms with Crippen molar-refractivity contribution in [3.8, 4) is 5.75 Å². The third kappa shape index (κ3) is 5.68. The van der Waals surface area contributed by atoms with E-state index in [4.69, 9.17) is 4.74 Å². The van der Waals surface area contributed by atoms with E-state index in [2.05, 4.69) is 10.0 Å². The Hall–Kier alpha value is -3.32. The van der Waals surface area contributed by atoms with E-state index in [1.54, 1.807) is 25.1 Å². The van der Waals surface area contributed by atoms with Gasteiger partial charge in [-0.05, 0) is 68.7 Å². The number of amides is 1. The second-order valence-electron chi connectivity index (χ2n) is 7.77. The number of carbonyl (C=O) groups excluding carboxylic acids is 1. The number of nitrogens with one attached hydrogen (secondary N) is 2. The zero-order valence-corrected chi connectivity index (χ0v) is 19.5. The monoisotopic (exact) mass is 452 g/mol. The standard InChI is InChI=1S/C25H28N2O4S/c1-17-9-12-22(20(4)15-17)27-32(29,30)24-16-21(11-10-19(24)3)25(28)26-13-14-31-23-8-6-5-7-18(23)2/h5-12,15-16,27H,13-14H2,1-4H3,(H,26,28). The predicted octanol–water partition coefficient (Wildman–Crippen LogP) is 4.53. The average Bonchev–Trinajstić information content (AvgIpc) is 2.74. The maximum atomic E-state index is 13.0. The van der Waals surface area contributed by atoms with Gasteiger partial charge in [0.25, 0.3) is 15.9 Å². The molecule has 0 saturated heterocycles. The molecule has 3 aromatic rings. The van der Waals surface area contributed by atoms with E-state index in [9.17, 15) is 13.2 Å². The Morgan fingerprint density at radius 1 is 0.875 bits per heavy atom. The van der Waals surface area contributed by atoms with Gasteiger partial charge in [0.05, 0.1) is 17.1 Å². The first kappa shape index (κ1) is 23.3. The van der Waals surface area contributed by atoms with Crippen molar-refractivity contribution in [1.29, 1.82) is 0 Å². The summed E-state index contributed by atoms with van der Waals surface area (Å²) in [6.07, 6.45) is 0. The first-order chi connectivity index (χ1) is 15.2. The maximum Gasteiger partial charge on any atom is 0.262 e. The molecule has 0 heterocycles. The van der Waals surface area contributed by atoms with Gasteiger partial charge >= 0.3 is 0 Å². The molecule has 0 unspecified atom stereocenters. The number of ether oxygens (including phenoxy) is 1. The quantitative estimate of drug-likeness (QED) is 0.492. The van der Waals surface area contributed by atoms with E-state index in [0.29, 0.717) is 24.4 Å². The Balaban J connectivity index is 1.68. The highest BCUT2D eigenvalue weighted by molar-refractivity contribution is 7.92. The van der Waals surface area contributed by atoms with E-state index in [-0.39, 0.29) is 16.4 Å². The van der Waals surface area contributed by atoms with Crippen LogP contribution in [0.4, 0.5) is 5.69 Å². The van der Waals surface area contributed by atoms with Crippen LogP contribution in [0.2, 0.25) is 0 Å². The summed E-state index contributed by atoms with van der Waals surface area (Å²) in [6, 6.07) is 17.8. The van der Waals surface area contributed by atoms with Crippen LogP contribution < -0.4 is 14.8 Å². The number of para-hydroxylation sites is 1. The summed E-state index contributed by atoms with van der Waals surface area (Å²) in [5, 5.41) is 2.77. The van der Waals surface area contributed by atoms with Crippen molar-refractivity contribution in [3.05, 3.63) is 88.5 Å². The zero-order valence-electron chi connectivity index (χ0n) is 18.7. The molecule has 0 aliphatic carbocycles. The molecular formula is C25H28N2O4S. The van der Waals surface area contributed by atoms with Gasteiger partial charge in [0.1, 0.15) is 12.4 Å². The molecule has 168 valence electrons. The number of rotatable bonds is 8. The summed E-state index contributed by atoms with van der Waals surface area (Å²) < 4.78 is 34.4. The number of aryl methyl sites for hydroxylation is 4. The lowest BCUT2D eigenvalue weighted by Crippen LogP contribution is -2.28. The van der Waals surface area contributed by atoms with Crippen LogP contribution in [0, 0.1) is 27.7 Å². The molecular weight excluding hydrogens is 424 g/mol. The lowest BCUT2D eigenvalue weighted by Gasteiger charge is -2.14. The van der Waals surface area contributed by atoms with Crippen molar-refractivity contribution < 1.29 is 17.9 Å². The second kappa shape index (κ2) is 9.87. The van der Waals surface area contributed by atoms with E-state index in [0.717, 1.165) is 22.4 Å². The van der Waals surface area contributed by atoms with Crippen LogP contribution in [0.3, 0.4) is 0 Å². The van der Waals surface area contributed by atoms with Crippen molar-refractivity contribution in [3.63, 3.8) is 0 Å². The molecule has 3 rings (SSSR count). The van der Waals surface area contributed by atoms with Crippen LogP contribution in [0.25, 0.3) is 0 Å². The Bertz CT molecular complexity index is 1240. The van der Waals surface area contributed by atoms with E-state index < -0.39 is 10.0 Å². The van der Waals surface area contributed by atoms with Crippen molar-refractivity contribution in [2.24, 2.45) is 0 Å². The number of hydrogen-bond acceptors (Lipinski definition) is 4. The summed E-state index contributed by atoms with van der Waals surface area (Å²) in [6.45, 7) is 8.05. The van der Waals surface area contributed by atoms with Crippen LogP contribution in [0.15, 0.2) is 65.6 Å². The van der Waals surface area contributed by atoms with Crippen molar-refractivity contribution in [2.45, 2.75) is 32.6 Å². The van der Waals surface area contributed by atoms with Gasteiger partial charge in [0.15, 0.2) is 0 Å². The molecule has 3 aromatic carbocycles. The van der Waals surface area contributed by atoms with E-state index in [1.165, 1.54) is 6.07 Å². The van der Waals surface area contributed by atoms with Crippen LogP contribution in [-0.2, 0) is 10.0 Å². The lowest BCUT2D eigenvalue weighted by atomic mass is 10.1. The third-order valence-corrected chi connectivity index (χ3v) is 6.61. The summed E-state index contributed by atoms with van der Waals surface area (Å²) in [5.41, 5.74) is 4.23. The maximum absolute atomic E-state index is 13.0. The topological polar surface area (TPSA) is 84.5 Å². The summed E-state index contributed by atoms with van der Waals surface area (Å²) in [7, 11) is -3.86. The highest BCUT2D eigenvalue weighted by Gasteiger charge is 2.20. The number of sulfonamides is 1. The SMILES string of the molecule is Cc1ccc(NS(=O)(=O)c2cc(C(=O)NCCOc3ccccc3C)ccc2C)c(C)c1. The third-order valence-electron chi connectivity index (χ3n) is 5.10. The average molecular weight is 453 g/mol. The smallest absolute Gasteiger partial charge is 0.262 e.